The summed E-state index contributed by atoms with van der Waals surface area (Å²) in [6.07, 6.45) is 10.2. The molecule has 2 N–H and O–H groups in total. The first-order chi connectivity index (χ1) is 22.6. The first-order valence-corrected chi connectivity index (χ1v) is 25.2. The molecule has 48 heavy (non-hydrogen) atoms. The van der Waals surface area contributed by atoms with Crippen LogP contribution >= 0.6 is 0 Å². The number of rotatable bonds is 14. The molecule has 1 aliphatic rings. The first-order valence-electron chi connectivity index (χ1n) is 16.6. The van der Waals surface area contributed by atoms with Crippen molar-refractivity contribution in [3.63, 3.8) is 0 Å². The second-order valence-corrected chi connectivity index (χ2v) is 33.1. The summed E-state index contributed by atoms with van der Waals surface area (Å²) in [6.45, 7) is 3.80. The van der Waals surface area contributed by atoms with Crippen molar-refractivity contribution in [3.05, 3.63) is 144 Å². The van der Waals surface area contributed by atoms with Crippen LogP contribution in [0.3, 0.4) is 0 Å². The van der Waals surface area contributed by atoms with Crippen LogP contribution in [0.5, 0.6) is 0 Å². The summed E-state index contributed by atoms with van der Waals surface area (Å²) in [6, 6.07) is 37.9. The zero-order chi connectivity index (χ0) is 33.6. The monoisotopic (exact) mass is 858 g/mol. The number of benzene rings is 4. The first kappa shape index (κ1) is 38.6. The molecule has 0 bridgehead atoms. The Morgan fingerprint density at radius 3 is 0.854 bits per heavy atom. The summed E-state index contributed by atoms with van der Waals surface area (Å²) < 4.78 is 6.57. The van der Waals surface area contributed by atoms with Gasteiger partial charge in [0, 0.05) is 0 Å². The molecule has 4 aromatic carbocycles. The second kappa shape index (κ2) is 17.6. The maximum atomic E-state index is 2.70. The number of allylic oxidation sites excluding steroid dienone is 4. The third-order valence-corrected chi connectivity index (χ3v) is 36.7. The van der Waals surface area contributed by atoms with Crippen molar-refractivity contribution in [2.24, 2.45) is 0 Å². The molecule has 0 spiro atoms. The summed E-state index contributed by atoms with van der Waals surface area (Å²) in [4.78, 5) is 9.38. The van der Waals surface area contributed by atoms with Gasteiger partial charge in [0.1, 0.15) is 0 Å². The van der Waals surface area contributed by atoms with Gasteiger partial charge in [0.2, 0.25) is 0 Å². The standard InChI is InChI=1S/4C9H12N.C5H4.H2O.2Sn/c4*1-10(2)8-9-6-4-3-5-7-9;1-2-4-5-3-1;;;/h4*3-6H,8H2,1-2H3;1-4H;1H2;;. The minimum absolute atomic E-state index is 0. The Labute approximate surface area is 304 Å². The van der Waals surface area contributed by atoms with Crippen molar-refractivity contribution in [1.29, 1.82) is 0 Å². The molecule has 0 saturated heterocycles. The maximum Gasteiger partial charge on any atom is -0.412 e. The number of hydrogen-bond acceptors (Lipinski definition) is 4. The van der Waals surface area contributed by atoms with Crippen LogP contribution in [0, 0.1) is 0 Å². The van der Waals surface area contributed by atoms with Crippen molar-refractivity contribution < 1.29 is 5.48 Å². The molecule has 0 saturated carbocycles. The van der Waals surface area contributed by atoms with Gasteiger partial charge in [-0.25, -0.2) is 0 Å². The van der Waals surface area contributed by atoms with Crippen molar-refractivity contribution >= 4 is 53.8 Å². The van der Waals surface area contributed by atoms with Crippen LogP contribution < -0.4 is 14.3 Å². The molecule has 0 unspecified atom stereocenters. The third kappa shape index (κ3) is 8.91. The molecule has 5 nitrogen and oxygen atoms in total. The van der Waals surface area contributed by atoms with E-state index in [2.05, 4.69) is 197 Å². The van der Waals surface area contributed by atoms with Gasteiger partial charge in [-0.1, -0.05) is 0 Å². The molecule has 0 heterocycles. The quantitative estimate of drug-likeness (QED) is 0.183. The Hall–Kier alpha value is -2.24. The zero-order valence-electron chi connectivity index (χ0n) is 30.2. The fourth-order valence-electron chi connectivity index (χ4n) is 7.08. The van der Waals surface area contributed by atoms with E-state index >= 15 is 0 Å². The molecular weight excluding hydrogens is 802 g/mol. The van der Waals surface area contributed by atoms with Gasteiger partial charge in [0.05, 0.1) is 0 Å². The minimum atomic E-state index is -2.91. The van der Waals surface area contributed by atoms with Crippen molar-refractivity contribution in [1.82, 2.24) is 19.6 Å². The van der Waals surface area contributed by atoms with Gasteiger partial charge in [-0.3, -0.25) is 0 Å². The molecule has 252 valence electrons. The van der Waals surface area contributed by atoms with Crippen LogP contribution in [0.15, 0.2) is 121 Å². The van der Waals surface area contributed by atoms with Crippen LogP contribution in [-0.4, -0.2) is 121 Å². The fourth-order valence-corrected chi connectivity index (χ4v) is 41.2. The van der Waals surface area contributed by atoms with Crippen LogP contribution in [0.1, 0.15) is 22.3 Å². The van der Waals surface area contributed by atoms with Gasteiger partial charge in [0.25, 0.3) is 0 Å². The summed E-state index contributed by atoms with van der Waals surface area (Å²) >= 11 is -5.82. The molecule has 5 rings (SSSR count). The Balaban J connectivity index is 0.00000520. The van der Waals surface area contributed by atoms with E-state index in [1.54, 1.807) is 14.3 Å². The molecule has 4 aromatic rings. The SMILES string of the molecule is CN(C)Cc1cccc[c]1[Sn]([c]1ccccc1CN(C)C)[C]1([Sn]([c]2ccccc2CN(C)C)[c]2ccccc2CN(C)C)C=CC=C1.O. The average molecular weight is 856 g/mol. The van der Waals surface area contributed by atoms with Crippen molar-refractivity contribution in [3.8, 4) is 0 Å². The van der Waals surface area contributed by atoms with E-state index in [0.717, 1.165) is 26.2 Å². The topological polar surface area (TPSA) is 44.5 Å². The van der Waals surface area contributed by atoms with Gasteiger partial charge < -0.3 is 5.48 Å². The predicted octanol–water partition coefficient (Wildman–Crippen LogP) is 3.43. The Bertz CT molecular complexity index is 1470. The minimum Gasteiger partial charge on any atom is -0.412 e. The molecule has 2 radical (unpaired) electrons. The van der Waals surface area contributed by atoms with Crippen molar-refractivity contribution in [2.75, 3.05) is 56.4 Å². The summed E-state index contributed by atoms with van der Waals surface area (Å²) in [5, 5.41) is 0. The maximum absolute atomic E-state index is 2.91. The predicted molar refractivity (Wildman–Crippen MR) is 210 cm³/mol. The Kier molecular flexibility index (Phi) is 14.1. The van der Waals surface area contributed by atoms with E-state index in [-0.39, 0.29) is 6.92 Å². The van der Waals surface area contributed by atoms with E-state index in [0.29, 0.717) is 0 Å². The van der Waals surface area contributed by atoms with E-state index < -0.39 is 39.5 Å². The Morgan fingerprint density at radius 2 is 0.625 bits per heavy atom. The number of nitrogens with zero attached hydrogens (tertiary/aromatic N) is 4. The van der Waals surface area contributed by atoms with Gasteiger partial charge in [-0.05, 0) is 0 Å². The molecule has 0 amide bonds. The molecule has 0 aromatic heterocycles. The van der Waals surface area contributed by atoms with Crippen LogP contribution in [0.4, 0.5) is 0 Å². The number of hydrogen-bond donors (Lipinski definition) is 0. The van der Waals surface area contributed by atoms with Gasteiger partial charge >= 0.3 is 301 Å². The van der Waals surface area contributed by atoms with Crippen molar-refractivity contribution in [2.45, 2.75) is 27.6 Å². The van der Waals surface area contributed by atoms with E-state index in [4.69, 9.17) is 0 Å². The molecule has 0 aliphatic heterocycles. The molecular formula is C41H54N4OSn2. The van der Waals surface area contributed by atoms with E-state index in [1.807, 2.05) is 0 Å². The molecule has 0 atom stereocenters. The van der Waals surface area contributed by atoms with E-state index in [9.17, 15) is 0 Å². The van der Waals surface area contributed by atoms with Crippen LogP contribution in [0.25, 0.3) is 0 Å². The van der Waals surface area contributed by atoms with Crippen LogP contribution in [-0.2, 0) is 26.2 Å². The third-order valence-electron chi connectivity index (χ3n) is 8.75. The van der Waals surface area contributed by atoms with Crippen LogP contribution in [0.2, 0.25) is 1.45 Å². The smallest absolute Gasteiger partial charge is 0.412 e. The van der Waals surface area contributed by atoms with E-state index in [1.165, 1.54) is 22.3 Å². The zero-order valence-corrected chi connectivity index (χ0v) is 35.9. The summed E-state index contributed by atoms with van der Waals surface area (Å²) in [5.74, 6) is 0. The molecule has 0 fully saturated rings. The molecule has 7 heteroatoms. The summed E-state index contributed by atoms with van der Waals surface area (Å²) in [7, 11) is 17.7. The van der Waals surface area contributed by atoms with Gasteiger partial charge in [-0.15, -0.1) is 0 Å². The fraction of sp³-hybridized carbons (Fsp3) is 0.317. The normalized spacial score (nSPS) is 13.9. The second-order valence-electron chi connectivity index (χ2n) is 13.9. The average Bonchev–Trinajstić information content (AvgIpc) is 3.50. The summed E-state index contributed by atoms with van der Waals surface area (Å²) in [5.41, 5.74) is 5.96. The largest absolute Gasteiger partial charge is 0.412 e. The van der Waals surface area contributed by atoms with Gasteiger partial charge in [-0.2, -0.15) is 0 Å². The Morgan fingerprint density at radius 1 is 0.396 bits per heavy atom. The molecule has 1 aliphatic carbocycles. The van der Waals surface area contributed by atoms with Gasteiger partial charge in [0.15, 0.2) is 0 Å².